The van der Waals surface area contributed by atoms with Gasteiger partial charge in [0.2, 0.25) is 5.91 Å². The van der Waals surface area contributed by atoms with Crippen LogP contribution >= 0.6 is 23.2 Å². The summed E-state index contributed by atoms with van der Waals surface area (Å²) >= 11 is 11.9. The fourth-order valence-electron chi connectivity index (χ4n) is 3.10. The van der Waals surface area contributed by atoms with Crippen LogP contribution in [0.25, 0.3) is 0 Å². The largest absolute Gasteiger partial charge is 0.416 e. The van der Waals surface area contributed by atoms with Gasteiger partial charge in [0.1, 0.15) is 0 Å². The van der Waals surface area contributed by atoms with Gasteiger partial charge in [0.15, 0.2) is 5.78 Å². The third kappa shape index (κ3) is 6.62. The minimum Gasteiger partial charge on any atom is -0.347 e. The molecule has 0 aliphatic carbocycles. The van der Waals surface area contributed by atoms with Crippen LogP contribution in [0.5, 0.6) is 0 Å². The molecule has 2 rings (SSSR count). The summed E-state index contributed by atoms with van der Waals surface area (Å²) in [6, 6.07) is 4.10. The fourth-order valence-corrected chi connectivity index (χ4v) is 3.41. The Labute approximate surface area is 189 Å². The van der Waals surface area contributed by atoms with Crippen molar-refractivity contribution in [2.75, 3.05) is 0 Å². The Morgan fingerprint density at radius 3 is 1.84 bits per heavy atom. The van der Waals surface area contributed by atoms with Gasteiger partial charge in [-0.3, -0.25) is 9.59 Å². The molecule has 0 aromatic heterocycles. The number of ketones is 1. The molecule has 0 fully saturated rings. The van der Waals surface area contributed by atoms with Gasteiger partial charge in [0, 0.05) is 19.3 Å². The van der Waals surface area contributed by atoms with E-state index in [0.717, 1.165) is 0 Å². The average molecular weight is 500 g/mol. The van der Waals surface area contributed by atoms with Gasteiger partial charge in [-0.2, -0.15) is 26.3 Å². The zero-order valence-electron chi connectivity index (χ0n) is 16.7. The number of carbonyl (C=O) groups is 2. The standard InChI is InChI=1S/C21H17Cl2F6NO2/c1-10(30-11(2)31)19(32)9-16(12-3-4-17(22)18(23)7-12)13-5-14(20(24,25)26)8-15(6-13)21(27,28)29/h3-8,10,16H,9H2,1-2H3,(H,30,31). The van der Waals surface area contributed by atoms with Crippen molar-refractivity contribution >= 4 is 34.9 Å². The van der Waals surface area contributed by atoms with E-state index >= 15 is 0 Å². The number of Topliss-reactive ketones (excluding diaryl/α,β-unsaturated/α-hetero) is 1. The number of alkyl halides is 6. The molecule has 0 heterocycles. The summed E-state index contributed by atoms with van der Waals surface area (Å²) in [5, 5.41) is 2.48. The molecule has 32 heavy (non-hydrogen) atoms. The molecule has 0 saturated carbocycles. The van der Waals surface area contributed by atoms with Crippen molar-refractivity contribution in [1.82, 2.24) is 5.32 Å². The van der Waals surface area contributed by atoms with Gasteiger partial charge in [-0.15, -0.1) is 0 Å². The maximum Gasteiger partial charge on any atom is 0.416 e. The molecule has 0 aliphatic rings. The summed E-state index contributed by atoms with van der Waals surface area (Å²) in [6.07, 6.45) is -10.6. The molecule has 0 radical (unpaired) electrons. The van der Waals surface area contributed by atoms with Crippen LogP contribution in [0.1, 0.15) is 48.4 Å². The topological polar surface area (TPSA) is 46.2 Å². The molecule has 2 unspecified atom stereocenters. The van der Waals surface area contributed by atoms with E-state index in [1.807, 2.05) is 0 Å². The van der Waals surface area contributed by atoms with E-state index in [9.17, 15) is 35.9 Å². The minimum atomic E-state index is -5.05. The highest BCUT2D eigenvalue weighted by atomic mass is 35.5. The van der Waals surface area contributed by atoms with E-state index in [4.69, 9.17) is 23.2 Å². The third-order valence-corrected chi connectivity index (χ3v) is 5.41. The first kappa shape index (κ1) is 26.0. The summed E-state index contributed by atoms with van der Waals surface area (Å²) in [6.45, 7) is 2.53. The molecule has 0 spiro atoms. The van der Waals surface area contributed by atoms with Crippen molar-refractivity contribution in [3.63, 3.8) is 0 Å². The van der Waals surface area contributed by atoms with Crippen LogP contribution in [0.3, 0.4) is 0 Å². The summed E-state index contributed by atoms with van der Waals surface area (Å²) < 4.78 is 80.0. The highest BCUT2D eigenvalue weighted by molar-refractivity contribution is 6.42. The molecule has 174 valence electrons. The molecular weight excluding hydrogens is 483 g/mol. The summed E-state index contributed by atoms with van der Waals surface area (Å²) in [5.41, 5.74) is -3.20. The van der Waals surface area contributed by atoms with E-state index in [0.29, 0.717) is 12.1 Å². The van der Waals surface area contributed by atoms with Crippen LogP contribution in [0.15, 0.2) is 36.4 Å². The monoisotopic (exact) mass is 499 g/mol. The van der Waals surface area contributed by atoms with E-state index in [1.54, 1.807) is 0 Å². The molecule has 3 nitrogen and oxygen atoms in total. The SMILES string of the molecule is CC(=O)NC(C)C(=O)CC(c1cc(C(F)(F)F)cc(C(F)(F)F)c1)c1ccc(Cl)c(Cl)c1. The molecule has 0 aliphatic heterocycles. The van der Waals surface area contributed by atoms with Crippen molar-refractivity contribution in [3.8, 4) is 0 Å². The maximum absolute atomic E-state index is 13.3. The smallest absolute Gasteiger partial charge is 0.347 e. The Morgan fingerprint density at radius 2 is 1.41 bits per heavy atom. The molecule has 0 saturated heterocycles. The number of carbonyl (C=O) groups excluding carboxylic acids is 2. The lowest BCUT2D eigenvalue weighted by Crippen LogP contribution is -2.37. The second-order valence-electron chi connectivity index (χ2n) is 7.16. The zero-order chi connectivity index (χ0) is 24.4. The van der Waals surface area contributed by atoms with Crippen LogP contribution in [0.2, 0.25) is 10.0 Å². The first-order valence-electron chi connectivity index (χ1n) is 9.13. The first-order valence-corrected chi connectivity index (χ1v) is 9.89. The molecule has 11 heteroatoms. The maximum atomic E-state index is 13.3. The highest BCUT2D eigenvalue weighted by Crippen LogP contribution is 2.40. The van der Waals surface area contributed by atoms with Crippen LogP contribution in [0.4, 0.5) is 26.3 Å². The Bertz CT molecular complexity index is 988. The van der Waals surface area contributed by atoms with Crippen molar-refractivity contribution in [2.24, 2.45) is 0 Å². The zero-order valence-corrected chi connectivity index (χ0v) is 18.2. The second-order valence-corrected chi connectivity index (χ2v) is 7.97. The minimum absolute atomic E-state index is 0.0111. The number of amides is 1. The molecule has 2 aromatic rings. The van der Waals surface area contributed by atoms with E-state index < -0.39 is 53.6 Å². The van der Waals surface area contributed by atoms with Crippen LogP contribution in [0, 0.1) is 0 Å². The lowest BCUT2D eigenvalue weighted by molar-refractivity contribution is -0.143. The molecule has 1 N–H and O–H groups in total. The predicted octanol–water partition coefficient (Wildman–Crippen LogP) is 6.65. The van der Waals surface area contributed by atoms with Gasteiger partial charge in [-0.05, 0) is 48.4 Å². The Balaban J connectivity index is 2.66. The molecule has 0 bridgehead atoms. The van der Waals surface area contributed by atoms with Gasteiger partial charge in [-0.25, -0.2) is 0 Å². The molecule has 2 aromatic carbocycles. The van der Waals surface area contributed by atoms with E-state index in [2.05, 4.69) is 5.32 Å². The number of halogens is 8. The average Bonchev–Trinajstić information content (AvgIpc) is 2.66. The Morgan fingerprint density at radius 1 is 0.875 bits per heavy atom. The van der Waals surface area contributed by atoms with Crippen molar-refractivity contribution in [3.05, 3.63) is 68.7 Å². The summed E-state index contributed by atoms with van der Waals surface area (Å²) in [4.78, 5) is 23.9. The fraction of sp³-hybridized carbons (Fsp3) is 0.333. The van der Waals surface area contributed by atoms with E-state index in [-0.39, 0.29) is 27.2 Å². The van der Waals surface area contributed by atoms with Gasteiger partial charge >= 0.3 is 12.4 Å². The number of nitrogens with one attached hydrogen (secondary N) is 1. The van der Waals surface area contributed by atoms with Gasteiger partial charge < -0.3 is 5.32 Å². The highest BCUT2D eigenvalue weighted by Gasteiger charge is 2.38. The number of benzene rings is 2. The summed E-state index contributed by atoms with van der Waals surface area (Å²) in [7, 11) is 0. The number of rotatable bonds is 6. The van der Waals surface area contributed by atoms with Crippen LogP contribution in [-0.2, 0) is 21.9 Å². The lowest BCUT2D eigenvalue weighted by Gasteiger charge is -2.23. The number of hydrogen-bond donors (Lipinski definition) is 1. The van der Waals surface area contributed by atoms with Crippen LogP contribution in [-0.4, -0.2) is 17.7 Å². The van der Waals surface area contributed by atoms with E-state index in [1.165, 1.54) is 32.0 Å². The van der Waals surface area contributed by atoms with Crippen molar-refractivity contribution < 1.29 is 35.9 Å². The number of hydrogen-bond acceptors (Lipinski definition) is 2. The quantitative estimate of drug-likeness (QED) is 0.452. The third-order valence-electron chi connectivity index (χ3n) is 4.67. The van der Waals surface area contributed by atoms with Gasteiger partial charge in [0.05, 0.1) is 27.2 Å². The Kier molecular flexibility index (Phi) is 7.88. The first-order chi connectivity index (χ1) is 14.6. The van der Waals surface area contributed by atoms with Gasteiger partial charge in [-0.1, -0.05) is 29.3 Å². The lowest BCUT2D eigenvalue weighted by atomic mass is 9.84. The van der Waals surface area contributed by atoms with Crippen LogP contribution < -0.4 is 5.32 Å². The molecule has 1 amide bonds. The molecule has 2 atom stereocenters. The van der Waals surface area contributed by atoms with Crippen molar-refractivity contribution in [1.29, 1.82) is 0 Å². The predicted molar refractivity (Wildman–Crippen MR) is 108 cm³/mol. The molecular formula is C21H17Cl2F6NO2. The Hall–Kier alpha value is -2.26. The second kappa shape index (κ2) is 9.70. The summed E-state index contributed by atoms with van der Waals surface area (Å²) in [5.74, 6) is -2.32. The normalized spacial score (nSPS) is 14.1. The van der Waals surface area contributed by atoms with Gasteiger partial charge in [0.25, 0.3) is 0 Å². The van der Waals surface area contributed by atoms with Crippen molar-refractivity contribution in [2.45, 2.75) is 44.6 Å².